The van der Waals surface area contributed by atoms with Crippen LogP contribution in [0.25, 0.3) is 10.6 Å². The fraction of sp³-hybridized carbons (Fsp3) is 0.125. The molecular formula is C16H14N6OS. The number of carbonyl (C=O) groups excluding carboxylic acids is 1. The second-order valence-corrected chi connectivity index (χ2v) is 6.07. The number of benzene rings is 1. The zero-order valence-corrected chi connectivity index (χ0v) is 13.4. The molecule has 0 atom stereocenters. The van der Waals surface area contributed by atoms with Crippen LogP contribution in [0, 0.1) is 0 Å². The van der Waals surface area contributed by atoms with E-state index in [0.29, 0.717) is 23.9 Å². The van der Waals surface area contributed by atoms with Gasteiger partial charge in [-0.25, -0.2) is 15.0 Å². The summed E-state index contributed by atoms with van der Waals surface area (Å²) >= 11 is 1.60. The van der Waals surface area contributed by atoms with Crippen LogP contribution < -0.4 is 16.0 Å². The molecule has 0 radical (unpaired) electrons. The average Bonchev–Trinajstić information content (AvgIpc) is 3.10. The molecule has 7 nitrogen and oxygen atoms in total. The van der Waals surface area contributed by atoms with E-state index in [0.717, 1.165) is 16.3 Å². The number of nitrogens with one attached hydrogen (secondary N) is 3. The molecule has 1 aliphatic heterocycles. The van der Waals surface area contributed by atoms with Crippen molar-refractivity contribution in [3.63, 3.8) is 0 Å². The molecule has 2 aromatic heterocycles. The minimum absolute atomic E-state index is 0.111. The molecule has 3 aromatic rings. The van der Waals surface area contributed by atoms with E-state index in [-0.39, 0.29) is 12.5 Å². The fourth-order valence-corrected chi connectivity index (χ4v) is 3.22. The van der Waals surface area contributed by atoms with Crippen molar-refractivity contribution in [3.8, 4) is 10.6 Å². The molecule has 0 spiro atoms. The van der Waals surface area contributed by atoms with E-state index < -0.39 is 0 Å². The van der Waals surface area contributed by atoms with E-state index in [1.165, 1.54) is 6.33 Å². The number of aromatic nitrogens is 3. The zero-order chi connectivity index (χ0) is 16.4. The van der Waals surface area contributed by atoms with Crippen LogP contribution in [0.5, 0.6) is 0 Å². The lowest BCUT2D eigenvalue weighted by Gasteiger charge is -2.19. The number of hydrogen-bond donors (Lipinski definition) is 3. The summed E-state index contributed by atoms with van der Waals surface area (Å²) in [4.78, 5) is 24.5. The molecule has 1 amide bonds. The third-order valence-corrected chi connectivity index (χ3v) is 4.48. The summed E-state index contributed by atoms with van der Waals surface area (Å²) in [7, 11) is 0. The summed E-state index contributed by atoms with van der Waals surface area (Å²) in [6.07, 6.45) is 1.46. The van der Waals surface area contributed by atoms with Crippen molar-refractivity contribution < 1.29 is 4.79 Å². The van der Waals surface area contributed by atoms with Crippen molar-refractivity contribution in [2.24, 2.45) is 0 Å². The third kappa shape index (κ3) is 2.91. The van der Waals surface area contributed by atoms with Crippen LogP contribution in [-0.2, 0) is 11.3 Å². The Morgan fingerprint density at radius 2 is 2.08 bits per heavy atom. The molecule has 0 unspecified atom stereocenters. The highest BCUT2D eigenvalue weighted by Crippen LogP contribution is 2.29. The van der Waals surface area contributed by atoms with E-state index >= 15 is 0 Å². The molecule has 24 heavy (non-hydrogen) atoms. The maximum absolute atomic E-state index is 11.5. The van der Waals surface area contributed by atoms with Gasteiger partial charge < -0.3 is 16.0 Å². The summed E-state index contributed by atoms with van der Waals surface area (Å²) in [6, 6.07) is 10.1. The minimum Gasteiger partial charge on any atom is -0.362 e. The second-order valence-electron chi connectivity index (χ2n) is 5.21. The maximum Gasteiger partial charge on any atom is 0.243 e. The van der Waals surface area contributed by atoms with E-state index in [9.17, 15) is 4.79 Å². The lowest BCUT2D eigenvalue weighted by atomic mass is 10.2. The van der Waals surface area contributed by atoms with Gasteiger partial charge >= 0.3 is 0 Å². The van der Waals surface area contributed by atoms with Gasteiger partial charge in [-0.3, -0.25) is 4.79 Å². The summed E-state index contributed by atoms with van der Waals surface area (Å²) in [5.41, 5.74) is 2.60. The van der Waals surface area contributed by atoms with E-state index in [4.69, 9.17) is 0 Å². The van der Waals surface area contributed by atoms with Crippen molar-refractivity contribution in [1.29, 1.82) is 0 Å². The molecule has 0 saturated carbocycles. The van der Waals surface area contributed by atoms with Crippen LogP contribution in [0.4, 0.5) is 17.3 Å². The average molecular weight is 338 g/mol. The van der Waals surface area contributed by atoms with Gasteiger partial charge in [-0.1, -0.05) is 30.3 Å². The van der Waals surface area contributed by atoms with Crippen LogP contribution in [0.15, 0.2) is 42.0 Å². The number of carbonyl (C=O) groups is 1. The molecule has 3 heterocycles. The number of amides is 1. The molecule has 0 bridgehead atoms. The monoisotopic (exact) mass is 338 g/mol. The standard InChI is InChI=1S/C16H14N6OS/c23-12-7-18-15-13(22-12)14(19-9-20-15)17-6-11-8-24-16(21-11)10-4-2-1-3-5-10/h1-5,8-9H,6-7H2,(H,22,23)(H2,17,18,19,20). The highest BCUT2D eigenvalue weighted by molar-refractivity contribution is 7.13. The molecule has 1 aromatic carbocycles. The van der Waals surface area contributed by atoms with Crippen LogP contribution in [0.1, 0.15) is 5.69 Å². The van der Waals surface area contributed by atoms with Crippen molar-refractivity contribution in [2.45, 2.75) is 6.54 Å². The molecule has 8 heteroatoms. The zero-order valence-electron chi connectivity index (χ0n) is 12.6. The summed E-state index contributed by atoms with van der Waals surface area (Å²) in [5.74, 6) is 1.09. The second kappa shape index (κ2) is 6.25. The van der Waals surface area contributed by atoms with Gasteiger partial charge in [0.05, 0.1) is 18.8 Å². The first kappa shape index (κ1) is 14.6. The molecule has 4 rings (SSSR count). The Hall–Kier alpha value is -3.00. The van der Waals surface area contributed by atoms with Crippen molar-refractivity contribution in [1.82, 2.24) is 15.0 Å². The molecular weight excluding hydrogens is 324 g/mol. The van der Waals surface area contributed by atoms with Crippen LogP contribution >= 0.6 is 11.3 Å². The maximum atomic E-state index is 11.5. The van der Waals surface area contributed by atoms with Gasteiger partial charge in [0.1, 0.15) is 17.0 Å². The number of nitrogens with zero attached hydrogens (tertiary/aromatic N) is 3. The Bertz CT molecular complexity index is 879. The highest BCUT2D eigenvalue weighted by atomic mass is 32.1. The summed E-state index contributed by atoms with van der Waals surface area (Å²) in [6.45, 7) is 0.735. The fourth-order valence-electron chi connectivity index (χ4n) is 2.40. The van der Waals surface area contributed by atoms with Gasteiger partial charge in [-0.15, -0.1) is 11.3 Å². The Morgan fingerprint density at radius 1 is 1.21 bits per heavy atom. The lowest BCUT2D eigenvalue weighted by molar-refractivity contribution is -0.114. The van der Waals surface area contributed by atoms with Gasteiger partial charge in [-0.05, 0) is 0 Å². The predicted molar refractivity (Wildman–Crippen MR) is 94.0 cm³/mol. The van der Waals surface area contributed by atoms with Crippen molar-refractivity contribution in [3.05, 3.63) is 47.7 Å². The first-order valence-electron chi connectivity index (χ1n) is 7.42. The minimum atomic E-state index is -0.111. The largest absolute Gasteiger partial charge is 0.362 e. The number of hydrogen-bond acceptors (Lipinski definition) is 7. The Balaban J connectivity index is 1.50. The first-order valence-corrected chi connectivity index (χ1v) is 8.30. The van der Waals surface area contributed by atoms with Crippen LogP contribution in [-0.4, -0.2) is 27.4 Å². The predicted octanol–water partition coefficient (Wildman–Crippen LogP) is 2.58. The van der Waals surface area contributed by atoms with Gasteiger partial charge in [-0.2, -0.15) is 0 Å². The smallest absolute Gasteiger partial charge is 0.243 e. The Kier molecular flexibility index (Phi) is 3.80. The highest BCUT2D eigenvalue weighted by Gasteiger charge is 2.19. The molecule has 120 valence electrons. The first-order chi connectivity index (χ1) is 11.8. The molecule has 0 aliphatic carbocycles. The quantitative estimate of drug-likeness (QED) is 0.677. The number of fused-ring (bicyclic) bond motifs is 1. The Labute approximate surface area is 142 Å². The van der Waals surface area contributed by atoms with Crippen LogP contribution in [0.3, 0.4) is 0 Å². The van der Waals surface area contributed by atoms with E-state index in [1.807, 2.05) is 35.7 Å². The summed E-state index contributed by atoms with van der Waals surface area (Å²) < 4.78 is 0. The van der Waals surface area contributed by atoms with E-state index in [1.54, 1.807) is 11.3 Å². The number of anilines is 3. The molecule has 0 fully saturated rings. The number of thiazole rings is 1. The topological polar surface area (TPSA) is 91.8 Å². The van der Waals surface area contributed by atoms with Gasteiger partial charge in [0.2, 0.25) is 5.91 Å². The molecule has 3 N–H and O–H groups in total. The van der Waals surface area contributed by atoms with E-state index in [2.05, 4.69) is 30.9 Å². The van der Waals surface area contributed by atoms with Gasteiger partial charge in [0, 0.05) is 10.9 Å². The lowest BCUT2D eigenvalue weighted by Crippen LogP contribution is -2.29. The van der Waals surface area contributed by atoms with Crippen molar-refractivity contribution >= 4 is 34.6 Å². The molecule has 0 saturated heterocycles. The van der Waals surface area contributed by atoms with Gasteiger partial charge in [0.25, 0.3) is 0 Å². The van der Waals surface area contributed by atoms with Gasteiger partial charge in [0.15, 0.2) is 11.6 Å². The normalized spacial score (nSPS) is 12.9. The summed E-state index contributed by atoms with van der Waals surface area (Å²) in [5, 5.41) is 12.0. The Morgan fingerprint density at radius 3 is 2.96 bits per heavy atom. The van der Waals surface area contributed by atoms with Crippen molar-refractivity contribution in [2.75, 3.05) is 22.5 Å². The SMILES string of the molecule is O=C1CNc2ncnc(NCc3csc(-c4ccccc4)n3)c2N1. The van der Waals surface area contributed by atoms with Crippen LogP contribution in [0.2, 0.25) is 0 Å². The number of rotatable bonds is 4. The molecule has 1 aliphatic rings. The third-order valence-electron chi connectivity index (χ3n) is 3.54.